The predicted molar refractivity (Wildman–Crippen MR) is 122 cm³/mol. The Morgan fingerprint density at radius 2 is 1.82 bits per heavy atom. The van der Waals surface area contributed by atoms with Crippen LogP contribution in [-0.4, -0.2) is 144 Å². The van der Waals surface area contributed by atoms with E-state index in [1.807, 2.05) is 0 Å². The Balaban J connectivity index is 1.75. The van der Waals surface area contributed by atoms with Crippen molar-refractivity contribution in [3.63, 3.8) is 0 Å². The molecule has 10 atom stereocenters. The summed E-state index contributed by atoms with van der Waals surface area (Å²) in [4.78, 5) is 53.1. The molecule has 220 valence electrons. The van der Waals surface area contributed by atoms with Crippen LogP contribution in [0.3, 0.4) is 0 Å². The molecule has 39 heavy (non-hydrogen) atoms. The Bertz CT molecular complexity index is 1130. The van der Waals surface area contributed by atoms with Crippen molar-refractivity contribution in [2.45, 2.75) is 55.0 Å². The molecule has 0 aromatic carbocycles. The number of carbonyl (C=O) groups excluding carboxylic acids is 2. The first-order valence-electron chi connectivity index (χ1n) is 10.7. The van der Waals surface area contributed by atoms with Gasteiger partial charge in [0.25, 0.3) is 5.91 Å². The van der Waals surface area contributed by atoms with Crippen molar-refractivity contribution < 1.29 is 77.2 Å². The number of amidine groups is 1. The zero-order valence-corrected chi connectivity index (χ0v) is 21.2. The molecule has 23 heteroatoms. The summed E-state index contributed by atoms with van der Waals surface area (Å²) in [5, 5.41) is 59.5. The van der Waals surface area contributed by atoms with Gasteiger partial charge >= 0.3 is 15.6 Å². The van der Waals surface area contributed by atoms with Crippen molar-refractivity contribution in [3.8, 4) is 0 Å². The zero-order chi connectivity index (χ0) is 29.3. The highest BCUT2D eigenvalue weighted by molar-refractivity contribution is 7.61. The highest BCUT2D eigenvalue weighted by atomic mass is 31.3. The second kappa shape index (κ2) is 12.2. The smallest absolute Gasteiger partial charge is 0.394 e. The van der Waals surface area contributed by atoms with Crippen LogP contribution in [0.5, 0.6) is 0 Å². The number of aliphatic hydroxyl groups excluding tert-OH is 6. The van der Waals surface area contributed by atoms with Crippen LogP contribution >= 0.6 is 15.6 Å². The molecule has 1 saturated heterocycles. The minimum atomic E-state index is -5.67. The van der Waals surface area contributed by atoms with Crippen LogP contribution in [0, 0.1) is 0 Å². The molecular weight excluding hydrogens is 580 g/mol. The Labute approximate surface area is 217 Å². The summed E-state index contributed by atoms with van der Waals surface area (Å²) in [7, 11) is -11.2. The highest BCUT2D eigenvalue weighted by Gasteiger charge is 2.51. The van der Waals surface area contributed by atoms with Crippen LogP contribution in [0.1, 0.15) is 0 Å². The molecule has 10 N–H and O–H groups in total. The van der Waals surface area contributed by atoms with Crippen LogP contribution in [0.25, 0.3) is 0 Å². The lowest BCUT2D eigenvalue weighted by Gasteiger charge is -2.29. The van der Waals surface area contributed by atoms with Gasteiger partial charge in [0.05, 0.1) is 19.6 Å². The third kappa shape index (κ3) is 7.17. The monoisotopic (exact) mass is 605 g/mol. The molecule has 3 aliphatic rings. The lowest BCUT2D eigenvalue weighted by atomic mass is 10.0. The summed E-state index contributed by atoms with van der Waals surface area (Å²) < 4.78 is 43.4. The van der Waals surface area contributed by atoms with Gasteiger partial charge in [-0.1, -0.05) is 0 Å². The van der Waals surface area contributed by atoms with E-state index >= 15 is 0 Å². The van der Waals surface area contributed by atoms with Gasteiger partial charge < -0.3 is 55.7 Å². The number of phosphoric ester groups is 1. The fourth-order valence-electron chi connectivity index (χ4n) is 3.55. The molecule has 3 rings (SSSR count). The number of nitrogens with zero attached hydrogens (tertiary/aromatic N) is 4. The minimum Gasteiger partial charge on any atom is -0.394 e. The maximum absolute atomic E-state index is 13.0. The molecule has 21 nitrogen and oxygen atoms in total. The van der Waals surface area contributed by atoms with Crippen LogP contribution in [0.4, 0.5) is 0 Å². The van der Waals surface area contributed by atoms with E-state index in [0.717, 1.165) is 11.2 Å². The summed E-state index contributed by atoms with van der Waals surface area (Å²) in [5.74, 6) is -1.27. The molecule has 0 aromatic rings. The molecule has 0 aromatic heterocycles. The summed E-state index contributed by atoms with van der Waals surface area (Å²) >= 11 is 0. The SMILES string of the molecule is NC1=NC(=O)C2N=CN([C@@H]3O[C@H](COP(=O)(O[C@H](CO)[C@@H](O)[C@H](O)[C@H](O)C=O)OP(=O)(O)O)[C@@H](O)[C@H]3O)C2=N1. The van der Waals surface area contributed by atoms with E-state index in [9.17, 15) is 49.4 Å². The molecular formula is C16H25N5O16P2. The zero-order valence-electron chi connectivity index (χ0n) is 19.4. The molecule has 3 aliphatic heterocycles. The van der Waals surface area contributed by atoms with Crippen LogP contribution in [-0.2, 0) is 36.8 Å². The Kier molecular flexibility index (Phi) is 9.85. The number of amides is 1. The molecule has 3 heterocycles. The standard InChI is InChI=1S/C16H25N5O16P2/c17-16-19-13-8(14(29)20-16)18-4-21(13)15-12(28)11(27)7(35-15)3-34-39(33,37-38(30,31)32)36-6(2-23)10(26)9(25)5(24)1-22/h1,4-12,15,23-28H,2-3H2,(H2,17,20,29)(H2,30,31,32)/t5-,6-,7-,8?,9-,10-,11-,12-,15-,39?/m1/s1. The molecule has 0 aliphatic carbocycles. The molecule has 2 unspecified atom stereocenters. The molecule has 0 saturated carbocycles. The quantitative estimate of drug-likeness (QED) is 0.0697. The number of rotatable bonds is 13. The van der Waals surface area contributed by atoms with Crippen LogP contribution in [0.15, 0.2) is 15.0 Å². The topological polar surface area (TPSA) is 333 Å². The van der Waals surface area contributed by atoms with Gasteiger partial charge in [0.1, 0.15) is 42.7 Å². The Morgan fingerprint density at radius 1 is 1.15 bits per heavy atom. The number of aliphatic imine (C=N–C) groups is 3. The number of hydrogen-bond donors (Lipinski definition) is 9. The predicted octanol–water partition coefficient (Wildman–Crippen LogP) is -5.71. The van der Waals surface area contributed by atoms with Gasteiger partial charge in [-0.15, -0.1) is 0 Å². The molecule has 0 bridgehead atoms. The normalized spacial score (nSPS) is 31.6. The molecule has 1 fully saturated rings. The third-order valence-corrected chi connectivity index (χ3v) is 8.06. The number of phosphoric acid groups is 2. The number of hydrogen-bond acceptors (Lipinski definition) is 18. The third-order valence-electron chi connectivity index (χ3n) is 5.42. The Morgan fingerprint density at radius 3 is 2.41 bits per heavy atom. The number of carbonyl (C=O) groups is 2. The molecule has 0 spiro atoms. The average Bonchev–Trinajstić information content (AvgIpc) is 3.39. The van der Waals surface area contributed by atoms with Crippen LogP contribution < -0.4 is 5.73 Å². The minimum absolute atomic E-state index is 0.0972. The summed E-state index contributed by atoms with van der Waals surface area (Å²) in [6.07, 6.45) is -14.9. The first kappa shape index (κ1) is 31.5. The van der Waals surface area contributed by atoms with E-state index in [4.69, 9.17) is 29.3 Å². The van der Waals surface area contributed by atoms with Crippen molar-refractivity contribution in [2.75, 3.05) is 13.2 Å². The highest BCUT2D eigenvalue weighted by Crippen LogP contribution is 2.62. The maximum atomic E-state index is 13.0. The average molecular weight is 605 g/mol. The molecule has 0 radical (unpaired) electrons. The van der Waals surface area contributed by atoms with Gasteiger partial charge in [-0.25, -0.2) is 9.13 Å². The largest absolute Gasteiger partial charge is 0.484 e. The fourth-order valence-corrected chi connectivity index (χ4v) is 5.85. The van der Waals surface area contributed by atoms with Gasteiger partial charge in [0.2, 0.25) is 5.96 Å². The van der Waals surface area contributed by atoms with E-state index in [2.05, 4.69) is 19.3 Å². The first-order valence-corrected chi connectivity index (χ1v) is 13.7. The first-order chi connectivity index (χ1) is 18.1. The van der Waals surface area contributed by atoms with Gasteiger partial charge in [0, 0.05) is 0 Å². The van der Waals surface area contributed by atoms with E-state index in [-0.39, 0.29) is 12.1 Å². The lowest BCUT2D eigenvalue weighted by Crippen LogP contribution is -2.49. The Hall–Kier alpha value is -2.07. The van der Waals surface area contributed by atoms with Crippen molar-refractivity contribution in [3.05, 3.63) is 0 Å². The van der Waals surface area contributed by atoms with Crippen molar-refractivity contribution >= 4 is 46.0 Å². The van der Waals surface area contributed by atoms with Gasteiger partial charge in [-0.3, -0.25) is 23.7 Å². The summed E-state index contributed by atoms with van der Waals surface area (Å²) in [6.45, 7) is -2.36. The van der Waals surface area contributed by atoms with Gasteiger partial charge in [-0.05, 0) is 0 Å². The van der Waals surface area contributed by atoms with E-state index < -0.39 is 95.7 Å². The summed E-state index contributed by atoms with van der Waals surface area (Å²) in [6, 6.07) is -1.19. The second-order valence-corrected chi connectivity index (χ2v) is 11.1. The fraction of sp³-hybridized carbons (Fsp3) is 0.688. The van der Waals surface area contributed by atoms with Gasteiger partial charge in [-0.2, -0.15) is 14.3 Å². The molecule has 1 amide bonds. The summed E-state index contributed by atoms with van der Waals surface area (Å²) in [5.41, 5.74) is 5.47. The van der Waals surface area contributed by atoms with Gasteiger partial charge in [0.15, 0.2) is 24.4 Å². The maximum Gasteiger partial charge on any atom is 0.484 e. The number of aliphatic hydroxyl groups is 6. The van der Waals surface area contributed by atoms with Crippen molar-refractivity contribution in [2.24, 2.45) is 20.7 Å². The van der Waals surface area contributed by atoms with E-state index in [1.165, 1.54) is 0 Å². The van der Waals surface area contributed by atoms with Crippen molar-refractivity contribution in [1.29, 1.82) is 0 Å². The lowest BCUT2D eigenvalue weighted by molar-refractivity contribution is -0.135. The number of guanidine groups is 1. The second-order valence-electron chi connectivity index (χ2n) is 8.15. The number of fused-ring (bicyclic) bond motifs is 1. The number of nitrogens with two attached hydrogens (primary N) is 1. The van der Waals surface area contributed by atoms with E-state index in [1.54, 1.807) is 0 Å². The van der Waals surface area contributed by atoms with Crippen molar-refractivity contribution in [1.82, 2.24) is 4.90 Å². The van der Waals surface area contributed by atoms with Crippen LogP contribution in [0.2, 0.25) is 0 Å². The number of aldehydes is 1. The number of ether oxygens (including phenoxy) is 1. The van der Waals surface area contributed by atoms with E-state index in [0.29, 0.717) is 0 Å².